The molecule has 9 heteroatoms. The lowest BCUT2D eigenvalue weighted by Crippen LogP contribution is -2.25. The van der Waals surface area contributed by atoms with E-state index >= 15 is 0 Å². The Morgan fingerprint density at radius 2 is 2.15 bits per heavy atom. The van der Waals surface area contributed by atoms with Gasteiger partial charge < -0.3 is 5.11 Å². The summed E-state index contributed by atoms with van der Waals surface area (Å²) in [5.74, 6) is -0.0645. The van der Waals surface area contributed by atoms with Crippen molar-refractivity contribution in [3.05, 3.63) is 52.3 Å². The van der Waals surface area contributed by atoms with Crippen LogP contribution in [0.3, 0.4) is 0 Å². The zero-order valence-electron chi connectivity index (χ0n) is 14.9. The van der Waals surface area contributed by atoms with E-state index in [0.717, 1.165) is 0 Å². The summed E-state index contributed by atoms with van der Waals surface area (Å²) < 4.78 is 17.3. The standard InChI is InChI=1S/C18H18FN5O2S/c1-18(26)8-4-5-11(19)10-23-16(25)12-9-20-17(27-2)22-15(12)24(23)14-7-3-6-13(18)21-14/h3,5-7,9,26H,4,8,10H2,1-2H3/b11-5+/t18-/m1/s1. The van der Waals surface area contributed by atoms with E-state index in [1.165, 1.54) is 33.4 Å². The van der Waals surface area contributed by atoms with Crippen molar-refractivity contribution < 1.29 is 9.50 Å². The van der Waals surface area contributed by atoms with Gasteiger partial charge in [0, 0.05) is 6.20 Å². The zero-order valence-corrected chi connectivity index (χ0v) is 15.7. The van der Waals surface area contributed by atoms with Crippen LogP contribution in [0.15, 0.2) is 46.2 Å². The maximum Gasteiger partial charge on any atom is 0.278 e. The number of nitrogens with zero attached hydrogens (tertiary/aromatic N) is 5. The van der Waals surface area contributed by atoms with Crippen molar-refractivity contribution in [2.75, 3.05) is 6.26 Å². The fourth-order valence-electron chi connectivity index (χ4n) is 3.17. The maximum atomic E-state index is 14.5. The molecule has 1 aliphatic rings. The second-order valence-corrected chi connectivity index (χ2v) is 7.39. The van der Waals surface area contributed by atoms with Crippen LogP contribution in [0.2, 0.25) is 0 Å². The summed E-state index contributed by atoms with van der Waals surface area (Å²) in [4.78, 5) is 26.0. The summed E-state index contributed by atoms with van der Waals surface area (Å²) in [6.07, 6.45) is 5.34. The van der Waals surface area contributed by atoms with E-state index in [0.29, 0.717) is 35.2 Å². The lowest BCUT2D eigenvalue weighted by Gasteiger charge is -2.22. The second-order valence-electron chi connectivity index (χ2n) is 6.61. The van der Waals surface area contributed by atoms with Gasteiger partial charge in [-0.3, -0.25) is 4.79 Å². The van der Waals surface area contributed by atoms with Gasteiger partial charge in [0.2, 0.25) is 0 Å². The molecule has 0 aromatic carbocycles. The van der Waals surface area contributed by atoms with E-state index in [-0.39, 0.29) is 17.5 Å². The molecule has 0 saturated carbocycles. The number of allylic oxidation sites excluding steroid dienone is 2. The van der Waals surface area contributed by atoms with Crippen LogP contribution in [0.4, 0.5) is 4.39 Å². The van der Waals surface area contributed by atoms with Crippen molar-refractivity contribution in [2.45, 2.75) is 37.1 Å². The van der Waals surface area contributed by atoms with Gasteiger partial charge in [-0.25, -0.2) is 28.7 Å². The molecule has 0 unspecified atom stereocenters. The van der Waals surface area contributed by atoms with Crippen LogP contribution in [-0.2, 0) is 12.1 Å². The van der Waals surface area contributed by atoms with Crippen molar-refractivity contribution in [1.82, 2.24) is 24.3 Å². The van der Waals surface area contributed by atoms with Crippen molar-refractivity contribution in [3.8, 4) is 5.82 Å². The first kappa shape index (κ1) is 17.9. The Bertz CT molecular complexity index is 1120. The van der Waals surface area contributed by atoms with Gasteiger partial charge in [-0.05, 0) is 38.2 Å². The highest BCUT2D eigenvalue weighted by atomic mass is 32.2. The molecule has 1 aliphatic heterocycles. The Labute approximate surface area is 158 Å². The number of rotatable bonds is 1. The van der Waals surface area contributed by atoms with Gasteiger partial charge in [0.15, 0.2) is 16.6 Å². The van der Waals surface area contributed by atoms with E-state index < -0.39 is 11.4 Å². The number of halogens is 1. The molecule has 140 valence electrons. The lowest BCUT2D eigenvalue weighted by molar-refractivity contribution is 0.0442. The average Bonchev–Trinajstić information content (AvgIpc) is 2.92. The first-order valence-corrected chi connectivity index (χ1v) is 9.70. The largest absolute Gasteiger partial charge is 0.384 e. The van der Waals surface area contributed by atoms with Crippen LogP contribution >= 0.6 is 11.8 Å². The molecule has 3 aromatic rings. The third-order valence-electron chi connectivity index (χ3n) is 4.64. The minimum Gasteiger partial charge on any atom is -0.384 e. The first-order chi connectivity index (χ1) is 12.9. The predicted molar refractivity (Wildman–Crippen MR) is 101 cm³/mol. The van der Waals surface area contributed by atoms with Gasteiger partial charge in [-0.15, -0.1) is 0 Å². The van der Waals surface area contributed by atoms with Crippen LogP contribution in [0.5, 0.6) is 0 Å². The van der Waals surface area contributed by atoms with E-state index in [1.54, 1.807) is 25.1 Å². The van der Waals surface area contributed by atoms with Crippen molar-refractivity contribution in [2.24, 2.45) is 0 Å². The monoisotopic (exact) mass is 387 g/mol. The molecule has 7 nitrogen and oxygen atoms in total. The molecule has 4 rings (SSSR count). The van der Waals surface area contributed by atoms with Crippen LogP contribution in [0.25, 0.3) is 16.9 Å². The fraction of sp³-hybridized carbons (Fsp3) is 0.333. The number of hydrogen-bond acceptors (Lipinski definition) is 6. The normalized spacial score (nSPS) is 22.0. The highest BCUT2D eigenvalue weighted by molar-refractivity contribution is 7.98. The summed E-state index contributed by atoms with van der Waals surface area (Å²) >= 11 is 1.35. The summed E-state index contributed by atoms with van der Waals surface area (Å²) in [5.41, 5.74) is -0.796. The van der Waals surface area contributed by atoms with Crippen molar-refractivity contribution in [1.29, 1.82) is 0 Å². The van der Waals surface area contributed by atoms with Gasteiger partial charge in [-0.1, -0.05) is 23.9 Å². The molecule has 0 radical (unpaired) electrons. The molecule has 0 spiro atoms. The summed E-state index contributed by atoms with van der Waals surface area (Å²) in [7, 11) is 0. The molecule has 0 aliphatic carbocycles. The second kappa shape index (κ2) is 6.58. The molecule has 4 heterocycles. The quantitative estimate of drug-likeness (QED) is 0.510. The molecular formula is C18H18FN5O2S. The third-order valence-corrected chi connectivity index (χ3v) is 5.20. The topological polar surface area (TPSA) is 85.8 Å². The summed E-state index contributed by atoms with van der Waals surface area (Å²) in [5, 5.41) is 11.6. The number of thioether (sulfide) groups is 1. The fourth-order valence-corrected chi connectivity index (χ4v) is 3.51. The molecule has 3 aromatic heterocycles. The number of aromatic nitrogens is 5. The number of fused-ring (bicyclic) bond motifs is 6. The molecule has 1 N–H and O–H groups in total. The van der Waals surface area contributed by atoms with Crippen LogP contribution in [0, 0.1) is 0 Å². The van der Waals surface area contributed by atoms with E-state index in [2.05, 4.69) is 15.0 Å². The molecule has 0 fully saturated rings. The minimum absolute atomic E-state index is 0.238. The highest BCUT2D eigenvalue weighted by Gasteiger charge is 2.26. The molecule has 2 bridgehead atoms. The van der Waals surface area contributed by atoms with Gasteiger partial charge >= 0.3 is 0 Å². The first-order valence-electron chi connectivity index (χ1n) is 8.48. The van der Waals surface area contributed by atoms with Crippen LogP contribution in [0.1, 0.15) is 25.5 Å². The Hall–Kier alpha value is -2.52. The van der Waals surface area contributed by atoms with Crippen LogP contribution < -0.4 is 5.56 Å². The smallest absolute Gasteiger partial charge is 0.278 e. The zero-order chi connectivity index (χ0) is 19.2. The maximum absolute atomic E-state index is 14.5. The number of hydrogen-bond donors (Lipinski definition) is 1. The highest BCUT2D eigenvalue weighted by Crippen LogP contribution is 2.27. The Morgan fingerprint density at radius 3 is 2.93 bits per heavy atom. The van der Waals surface area contributed by atoms with Gasteiger partial charge in [0.05, 0.1) is 12.2 Å². The lowest BCUT2D eigenvalue weighted by atomic mass is 9.95. The average molecular weight is 387 g/mol. The van der Waals surface area contributed by atoms with Gasteiger partial charge in [0.25, 0.3) is 5.56 Å². The third kappa shape index (κ3) is 3.06. The van der Waals surface area contributed by atoms with Crippen molar-refractivity contribution >= 4 is 22.8 Å². The molecule has 0 amide bonds. The summed E-state index contributed by atoms with van der Waals surface area (Å²) in [6.45, 7) is 1.41. The molecule has 0 saturated heterocycles. The Morgan fingerprint density at radius 1 is 1.33 bits per heavy atom. The Kier molecular flexibility index (Phi) is 4.35. The minimum atomic E-state index is -1.22. The molecule has 27 heavy (non-hydrogen) atoms. The molecule has 1 atom stereocenters. The van der Waals surface area contributed by atoms with Crippen molar-refractivity contribution in [3.63, 3.8) is 0 Å². The molecular weight excluding hydrogens is 369 g/mol. The number of pyridine rings is 1. The summed E-state index contributed by atoms with van der Waals surface area (Å²) in [6, 6.07) is 5.18. The number of aliphatic hydroxyl groups is 1. The van der Waals surface area contributed by atoms with Crippen LogP contribution in [-0.4, -0.2) is 35.7 Å². The van der Waals surface area contributed by atoms with E-state index in [4.69, 9.17) is 0 Å². The SMILES string of the molecule is CSc1ncc2c(=O)n3n(c2n1)-c1cccc(n1)[C@](C)(O)CC/C=C(/F)C3. The predicted octanol–water partition coefficient (Wildman–Crippen LogP) is 2.55. The van der Waals surface area contributed by atoms with E-state index in [1.807, 2.05) is 6.26 Å². The Balaban J connectivity index is 2.09. The van der Waals surface area contributed by atoms with E-state index in [9.17, 15) is 14.3 Å². The van der Waals surface area contributed by atoms with Gasteiger partial charge in [0.1, 0.15) is 16.8 Å². The van der Waals surface area contributed by atoms with Gasteiger partial charge in [-0.2, -0.15) is 0 Å².